The molecule has 0 aliphatic carbocycles. The predicted molar refractivity (Wildman–Crippen MR) is 182 cm³/mol. The van der Waals surface area contributed by atoms with E-state index in [4.69, 9.17) is 0 Å². The summed E-state index contributed by atoms with van der Waals surface area (Å²) >= 11 is 2.96. The van der Waals surface area contributed by atoms with Crippen LogP contribution >= 0.6 is 23.5 Å². The minimum Gasteiger partial charge on any atom is -0.367 e. The maximum absolute atomic E-state index is 13.0. The summed E-state index contributed by atoms with van der Waals surface area (Å²) in [5.41, 5.74) is 4.33. The van der Waals surface area contributed by atoms with Crippen molar-refractivity contribution in [3.63, 3.8) is 0 Å². The molecule has 7 rings (SSSR count). The number of piperazine rings is 1. The molecule has 14 heteroatoms. The van der Waals surface area contributed by atoms with Gasteiger partial charge in [0, 0.05) is 105 Å². The molecule has 3 aromatic heterocycles. The summed E-state index contributed by atoms with van der Waals surface area (Å²) in [6, 6.07) is 11.0. The quantitative estimate of drug-likeness (QED) is 0.163. The number of nitriles is 1. The lowest BCUT2D eigenvalue weighted by Gasteiger charge is -2.37. The molecule has 3 aliphatic rings. The van der Waals surface area contributed by atoms with E-state index in [-0.39, 0.29) is 10.9 Å². The Morgan fingerprint density at radius 3 is 2.43 bits per heavy atom. The van der Waals surface area contributed by atoms with Crippen LogP contribution in [0.25, 0.3) is 21.1 Å². The van der Waals surface area contributed by atoms with E-state index < -0.39 is 12.6 Å². The van der Waals surface area contributed by atoms with Gasteiger partial charge in [-0.2, -0.15) is 18.4 Å². The van der Waals surface area contributed by atoms with Crippen LogP contribution < -0.4 is 5.32 Å². The smallest absolute Gasteiger partial charge is 0.367 e. The van der Waals surface area contributed by atoms with Crippen molar-refractivity contribution in [2.75, 3.05) is 57.7 Å². The zero-order valence-corrected chi connectivity index (χ0v) is 28.4. The standard InChI is InChI=1S/C33H40F3N9S2/c1-22(42-9-11-43(12-10-42)47-44-13-14-44)19-45-26(18-37)15-28-23(2)24(3-4-30(28)45)20-41-7-5-25(6-8-41)40-31-29-16-27(17-33(34,35)36)46-32(29)39-21-38-31/h3-4,15-16,21-22,25H,5-14,17,19-20H2,1-2H3,(H,38,39,40). The Kier molecular flexibility index (Phi) is 9.38. The van der Waals surface area contributed by atoms with E-state index in [0.29, 0.717) is 27.8 Å². The highest BCUT2D eigenvalue weighted by atomic mass is 32.2. The molecule has 0 radical (unpaired) electrons. The average Bonchev–Trinajstić information content (AvgIpc) is 3.65. The van der Waals surface area contributed by atoms with Crippen molar-refractivity contribution in [3.8, 4) is 6.07 Å². The Labute approximate surface area is 281 Å². The highest BCUT2D eigenvalue weighted by Crippen LogP contribution is 2.34. The Morgan fingerprint density at radius 1 is 1.02 bits per heavy atom. The van der Waals surface area contributed by atoms with E-state index in [2.05, 4.69) is 76.4 Å². The van der Waals surface area contributed by atoms with E-state index in [9.17, 15) is 18.4 Å². The highest BCUT2D eigenvalue weighted by Gasteiger charge is 2.30. The van der Waals surface area contributed by atoms with E-state index in [0.717, 1.165) is 87.4 Å². The number of hydrogen-bond donors (Lipinski definition) is 1. The summed E-state index contributed by atoms with van der Waals surface area (Å²) in [6.07, 6.45) is -1.96. The monoisotopic (exact) mass is 683 g/mol. The molecule has 9 nitrogen and oxygen atoms in total. The van der Waals surface area contributed by atoms with Gasteiger partial charge in [-0.05, 0) is 56.0 Å². The molecule has 1 aromatic carbocycles. The second kappa shape index (κ2) is 13.5. The minimum absolute atomic E-state index is 0.186. The fourth-order valence-corrected chi connectivity index (χ4v) is 8.77. The summed E-state index contributed by atoms with van der Waals surface area (Å²) < 4.78 is 45.9. The molecule has 250 valence electrons. The molecule has 1 N–H and O–H groups in total. The minimum atomic E-state index is -4.25. The number of fused-ring (bicyclic) bond motifs is 2. The van der Waals surface area contributed by atoms with E-state index >= 15 is 0 Å². The van der Waals surface area contributed by atoms with Crippen LogP contribution in [0.5, 0.6) is 0 Å². The van der Waals surface area contributed by atoms with Gasteiger partial charge in [-0.25, -0.2) is 18.6 Å². The van der Waals surface area contributed by atoms with Crippen molar-refractivity contribution in [1.29, 1.82) is 5.26 Å². The first kappa shape index (κ1) is 32.6. The van der Waals surface area contributed by atoms with Crippen molar-refractivity contribution < 1.29 is 13.2 Å². The third-order valence-electron chi connectivity index (χ3n) is 9.64. The van der Waals surface area contributed by atoms with Gasteiger partial charge in [-0.3, -0.25) is 9.80 Å². The van der Waals surface area contributed by atoms with Gasteiger partial charge < -0.3 is 9.88 Å². The maximum Gasteiger partial charge on any atom is 0.393 e. The Hall–Kier alpha value is -2.93. The van der Waals surface area contributed by atoms with Crippen molar-refractivity contribution in [2.45, 2.75) is 64.5 Å². The van der Waals surface area contributed by atoms with Crippen LogP contribution in [0.15, 0.2) is 30.6 Å². The van der Waals surface area contributed by atoms with E-state index in [1.54, 1.807) is 6.07 Å². The largest absolute Gasteiger partial charge is 0.393 e. The van der Waals surface area contributed by atoms with Crippen LogP contribution in [0.4, 0.5) is 19.0 Å². The van der Waals surface area contributed by atoms with E-state index in [1.165, 1.54) is 30.5 Å². The number of alkyl halides is 3. The summed E-state index contributed by atoms with van der Waals surface area (Å²) in [5, 5.41) is 15.4. The summed E-state index contributed by atoms with van der Waals surface area (Å²) in [5.74, 6) is 0.611. The molecule has 1 unspecified atom stereocenters. The number of aromatic nitrogens is 3. The fraction of sp³-hybridized carbons (Fsp3) is 0.545. The number of anilines is 1. The normalized spacial score (nSPS) is 19.8. The Balaban J connectivity index is 0.966. The number of nitrogens with zero attached hydrogens (tertiary/aromatic N) is 8. The van der Waals surface area contributed by atoms with Crippen molar-refractivity contribution in [3.05, 3.63) is 52.3 Å². The van der Waals surface area contributed by atoms with Gasteiger partial charge in [-0.1, -0.05) is 6.07 Å². The molecule has 0 spiro atoms. The van der Waals surface area contributed by atoms with Crippen LogP contribution in [-0.2, 0) is 19.5 Å². The molecule has 6 heterocycles. The number of rotatable bonds is 10. The van der Waals surface area contributed by atoms with Crippen LogP contribution in [0, 0.1) is 18.3 Å². The van der Waals surface area contributed by atoms with Gasteiger partial charge in [0.1, 0.15) is 28.7 Å². The topological polar surface area (TPSA) is 79.3 Å². The number of benzene rings is 1. The lowest BCUT2D eigenvalue weighted by Crippen LogP contribution is -2.48. The number of likely N-dealkylation sites (tertiary alicyclic amines) is 1. The third-order valence-corrected chi connectivity index (χ3v) is 11.9. The first-order valence-corrected chi connectivity index (χ1v) is 17.9. The maximum atomic E-state index is 13.0. The number of aryl methyl sites for hydroxylation is 1. The lowest BCUT2D eigenvalue weighted by molar-refractivity contribution is -0.126. The van der Waals surface area contributed by atoms with Gasteiger partial charge in [0.05, 0.1) is 11.8 Å². The Morgan fingerprint density at radius 2 is 1.74 bits per heavy atom. The number of piperidine rings is 1. The number of halogens is 3. The van der Waals surface area contributed by atoms with Crippen LogP contribution in [0.3, 0.4) is 0 Å². The van der Waals surface area contributed by atoms with Crippen LogP contribution in [0.1, 0.15) is 41.5 Å². The first-order valence-electron chi connectivity index (χ1n) is 16.4. The van der Waals surface area contributed by atoms with Crippen molar-refractivity contribution in [2.24, 2.45) is 0 Å². The second-order valence-corrected chi connectivity index (χ2v) is 15.3. The fourth-order valence-electron chi connectivity index (χ4n) is 6.85. The summed E-state index contributed by atoms with van der Waals surface area (Å²) in [7, 11) is 0. The van der Waals surface area contributed by atoms with Gasteiger partial charge in [0.25, 0.3) is 0 Å². The van der Waals surface area contributed by atoms with Crippen molar-refractivity contribution in [1.82, 2.24) is 32.9 Å². The number of nitrogens with one attached hydrogen (secondary N) is 1. The summed E-state index contributed by atoms with van der Waals surface area (Å²) in [4.78, 5) is 14.4. The number of hydrogen-bond acceptors (Lipinski definition) is 10. The summed E-state index contributed by atoms with van der Waals surface area (Å²) in [6.45, 7) is 14.5. The third kappa shape index (κ3) is 7.55. The molecule has 1 atom stereocenters. The van der Waals surface area contributed by atoms with Crippen molar-refractivity contribution >= 4 is 50.4 Å². The zero-order valence-electron chi connectivity index (χ0n) is 26.8. The lowest BCUT2D eigenvalue weighted by atomic mass is 10.0. The molecule has 3 aliphatic heterocycles. The van der Waals surface area contributed by atoms with Gasteiger partial charge in [0.2, 0.25) is 0 Å². The molecule has 0 bridgehead atoms. The zero-order chi connectivity index (χ0) is 32.7. The first-order chi connectivity index (χ1) is 22.6. The van der Waals surface area contributed by atoms with Gasteiger partial charge in [-0.15, -0.1) is 11.3 Å². The molecule has 3 saturated heterocycles. The average molecular weight is 684 g/mol. The molecule has 0 amide bonds. The van der Waals surface area contributed by atoms with Gasteiger partial charge >= 0.3 is 6.18 Å². The molecular weight excluding hydrogens is 644 g/mol. The molecule has 0 saturated carbocycles. The number of thiophene rings is 1. The van der Waals surface area contributed by atoms with Crippen LogP contribution in [-0.4, -0.2) is 104 Å². The molecule has 3 fully saturated rings. The van der Waals surface area contributed by atoms with Crippen LogP contribution in [0.2, 0.25) is 0 Å². The predicted octanol–water partition coefficient (Wildman–Crippen LogP) is 5.89. The molecule has 4 aromatic rings. The van der Waals surface area contributed by atoms with E-state index in [1.807, 2.05) is 12.1 Å². The highest BCUT2D eigenvalue weighted by molar-refractivity contribution is 7.94. The molecular formula is C33H40F3N9S2. The SMILES string of the molecule is Cc1c(CN2CCC(Nc3ncnc4sc(CC(F)(F)F)cc34)CC2)ccc2c1cc(C#N)n2CC(C)N1CCN(SN2CC2)CC1. The molecule has 47 heavy (non-hydrogen) atoms. The second-order valence-electron chi connectivity index (χ2n) is 13.0. The van der Waals surface area contributed by atoms with Gasteiger partial charge in [0.15, 0.2) is 0 Å². The Bertz CT molecular complexity index is 1760.